The number of nitrogens with one attached hydrogen (secondary N) is 2. The Morgan fingerprint density at radius 2 is 2.08 bits per heavy atom. The van der Waals surface area contributed by atoms with Gasteiger partial charge in [0.05, 0.1) is 17.6 Å². The molecule has 3 aromatic rings. The van der Waals surface area contributed by atoms with E-state index in [9.17, 15) is 9.59 Å². The minimum Gasteiger partial charge on any atom is -0.326 e. The van der Waals surface area contributed by atoms with Gasteiger partial charge in [-0.25, -0.2) is 0 Å². The second-order valence-corrected chi connectivity index (χ2v) is 7.14. The highest BCUT2D eigenvalue weighted by atomic mass is 32.2. The van der Waals surface area contributed by atoms with Crippen LogP contribution in [0, 0.1) is 5.92 Å². The van der Waals surface area contributed by atoms with Crippen molar-refractivity contribution in [1.82, 2.24) is 10.2 Å². The molecule has 6 nitrogen and oxygen atoms in total. The number of nitrogens with zero attached hydrogens (tertiary/aromatic N) is 2. The van der Waals surface area contributed by atoms with E-state index in [1.54, 1.807) is 22.9 Å². The van der Waals surface area contributed by atoms with E-state index < -0.39 is 0 Å². The molecule has 0 spiro atoms. The molecule has 0 aliphatic carbocycles. The summed E-state index contributed by atoms with van der Waals surface area (Å²) in [6, 6.07) is 13.4. The third kappa shape index (κ3) is 3.17. The van der Waals surface area contributed by atoms with Gasteiger partial charge in [0, 0.05) is 34.6 Å². The van der Waals surface area contributed by atoms with Gasteiger partial charge >= 0.3 is 0 Å². The lowest BCUT2D eigenvalue weighted by Crippen LogP contribution is -2.28. The molecule has 1 fully saturated rings. The van der Waals surface area contributed by atoms with E-state index in [1.165, 1.54) is 0 Å². The van der Waals surface area contributed by atoms with Gasteiger partial charge in [-0.15, -0.1) is 11.8 Å². The summed E-state index contributed by atoms with van der Waals surface area (Å²) in [5.74, 6) is -0.514. The van der Waals surface area contributed by atoms with Crippen molar-refractivity contribution in [3.05, 3.63) is 48.7 Å². The zero-order valence-corrected chi connectivity index (χ0v) is 15.0. The summed E-state index contributed by atoms with van der Waals surface area (Å²) in [5, 5.41) is 10.7. The van der Waals surface area contributed by atoms with Gasteiger partial charge in [-0.05, 0) is 48.7 Å². The number of thioether (sulfide) groups is 1. The third-order valence-electron chi connectivity index (χ3n) is 4.59. The van der Waals surface area contributed by atoms with Crippen molar-refractivity contribution in [3.8, 4) is 0 Å². The first-order valence-electron chi connectivity index (χ1n) is 8.32. The number of carbonyl (C=O) groups excluding carboxylic acids is 2. The number of amides is 2. The van der Waals surface area contributed by atoms with E-state index in [2.05, 4.69) is 15.5 Å². The molecular weight excluding hydrogens is 348 g/mol. The Balaban J connectivity index is 1.45. The maximum atomic E-state index is 12.6. The van der Waals surface area contributed by atoms with E-state index in [1.807, 2.05) is 48.7 Å². The van der Waals surface area contributed by atoms with Crippen LogP contribution in [0.4, 0.5) is 11.4 Å². The largest absolute Gasteiger partial charge is 0.326 e. The second-order valence-electron chi connectivity index (χ2n) is 6.26. The van der Waals surface area contributed by atoms with Crippen molar-refractivity contribution >= 4 is 45.9 Å². The molecule has 2 aromatic carbocycles. The summed E-state index contributed by atoms with van der Waals surface area (Å²) in [6.45, 7) is 0.400. The molecule has 0 radical (unpaired) electrons. The molecule has 2 N–H and O–H groups in total. The van der Waals surface area contributed by atoms with Crippen LogP contribution in [0.25, 0.3) is 10.9 Å². The molecule has 2 heterocycles. The molecule has 0 bridgehead atoms. The molecular formula is C19H18N4O2S. The van der Waals surface area contributed by atoms with Crippen LogP contribution in [-0.4, -0.2) is 34.8 Å². The molecule has 26 heavy (non-hydrogen) atoms. The van der Waals surface area contributed by atoms with Crippen LogP contribution in [-0.2, 0) is 9.59 Å². The molecule has 132 valence electrons. The number of aromatic amines is 1. The Bertz CT molecular complexity index is 967. The smallest absolute Gasteiger partial charge is 0.229 e. The van der Waals surface area contributed by atoms with Crippen molar-refractivity contribution < 1.29 is 9.59 Å². The van der Waals surface area contributed by atoms with Gasteiger partial charge in [0.25, 0.3) is 0 Å². The summed E-state index contributed by atoms with van der Waals surface area (Å²) < 4.78 is 0. The SMILES string of the molecule is CSc1ccc(N2CC(C(=O)Nc3ccc4[nH]ncc4c3)CC2=O)cc1. The number of aromatic nitrogens is 2. The van der Waals surface area contributed by atoms with Crippen LogP contribution in [0.5, 0.6) is 0 Å². The zero-order chi connectivity index (χ0) is 18.1. The maximum Gasteiger partial charge on any atom is 0.229 e. The first-order valence-corrected chi connectivity index (χ1v) is 9.55. The van der Waals surface area contributed by atoms with E-state index in [-0.39, 0.29) is 24.2 Å². The molecule has 7 heteroatoms. The zero-order valence-electron chi connectivity index (χ0n) is 14.2. The molecule has 1 unspecified atom stereocenters. The van der Waals surface area contributed by atoms with E-state index in [0.29, 0.717) is 12.2 Å². The normalized spacial score (nSPS) is 17.0. The number of carbonyl (C=O) groups is 2. The van der Waals surface area contributed by atoms with Crippen molar-refractivity contribution in [3.63, 3.8) is 0 Å². The van der Waals surface area contributed by atoms with Gasteiger partial charge in [0.15, 0.2) is 0 Å². The van der Waals surface area contributed by atoms with Crippen molar-refractivity contribution in [2.45, 2.75) is 11.3 Å². The summed E-state index contributed by atoms with van der Waals surface area (Å²) in [4.78, 5) is 27.8. The standard InChI is InChI=1S/C19H18N4O2S/c1-26-16-5-3-15(4-6-16)23-11-13(9-18(23)24)19(25)21-14-2-7-17-12(8-14)10-20-22-17/h2-8,10,13H,9,11H2,1H3,(H,20,22)(H,21,25). The molecule has 1 aliphatic rings. The summed E-state index contributed by atoms with van der Waals surface area (Å²) in [6.07, 6.45) is 3.95. The molecule has 1 aliphatic heterocycles. The molecule has 1 atom stereocenters. The maximum absolute atomic E-state index is 12.6. The average Bonchev–Trinajstić information content (AvgIpc) is 3.28. The highest BCUT2D eigenvalue weighted by Gasteiger charge is 2.35. The molecule has 2 amide bonds. The highest BCUT2D eigenvalue weighted by Crippen LogP contribution is 2.28. The summed E-state index contributed by atoms with van der Waals surface area (Å²) >= 11 is 1.65. The molecule has 1 saturated heterocycles. The topological polar surface area (TPSA) is 78.1 Å². The number of hydrogen-bond donors (Lipinski definition) is 2. The van der Waals surface area contributed by atoms with Gasteiger partial charge in [-0.1, -0.05) is 0 Å². The Morgan fingerprint density at radius 3 is 2.85 bits per heavy atom. The van der Waals surface area contributed by atoms with Crippen LogP contribution in [0.3, 0.4) is 0 Å². The van der Waals surface area contributed by atoms with Crippen LogP contribution < -0.4 is 10.2 Å². The Kier molecular flexibility index (Phi) is 4.38. The number of anilines is 2. The third-order valence-corrected chi connectivity index (χ3v) is 5.33. The van der Waals surface area contributed by atoms with Crippen molar-refractivity contribution in [1.29, 1.82) is 0 Å². The van der Waals surface area contributed by atoms with E-state index >= 15 is 0 Å². The Hall–Kier alpha value is -2.80. The average molecular weight is 366 g/mol. The lowest BCUT2D eigenvalue weighted by Gasteiger charge is -2.17. The van der Waals surface area contributed by atoms with Gasteiger partial charge in [-0.2, -0.15) is 5.10 Å². The molecule has 0 saturated carbocycles. The lowest BCUT2D eigenvalue weighted by atomic mass is 10.1. The van der Waals surface area contributed by atoms with E-state index in [0.717, 1.165) is 21.5 Å². The second kappa shape index (κ2) is 6.84. The van der Waals surface area contributed by atoms with Crippen LogP contribution in [0.2, 0.25) is 0 Å². The Labute approximate surface area is 155 Å². The fourth-order valence-electron chi connectivity index (χ4n) is 3.16. The lowest BCUT2D eigenvalue weighted by molar-refractivity contribution is -0.122. The number of hydrogen-bond acceptors (Lipinski definition) is 4. The Morgan fingerprint density at radius 1 is 1.27 bits per heavy atom. The molecule has 4 rings (SSSR count). The van der Waals surface area contributed by atoms with Crippen molar-refractivity contribution in [2.24, 2.45) is 5.92 Å². The van der Waals surface area contributed by atoms with Crippen LogP contribution >= 0.6 is 11.8 Å². The number of benzene rings is 2. The predicted octanol–water partition coefficient (Wildman–Crippen LogP) is 3.28. The fourth-order valence-corrected chi connectivity index (χ4v) is 3.57. The number of fused-ring (bicyclic) bond motifs is 1. The minimum absolute atomic E-state index is 0.0210. The van der Waals surface area contributed by atoms with Gasteiger partial charge in [0.2, 0.25) is 11.8 Å². The van der Waals surface area contributed by atoms with Gasteiger partial charge in [-0.3, -0.25) is 14.7 Å². The monoisotopic (exact) mass is 366 g/mol. The highest BCUT2D eigenvalue weighted by molar-refractivity contribution is 7.98. The predicted molar refractivity (Wildman–Crippen MR) is 103 cm³/mol. The minimum atomic E-state index is -0.359. The molecule has 1 aromatic heterocycles. The van der Waals surface area contributed by atoms with Crippen molar-refractivity contribution in [2.75, 3.05) is 23.0 Å². The first kappa shape index (κ1) is 16.7. The van der Waals surface area contributed by atoms with Gasteiger partial charge < -0.3 is 10.2 Å². The first-order chi connectivity index (χ1) is 12.6. The van der Waals surface area contributed by atoms with E-state index in [4.69, 9.17) is 0 Å². The number of rotatable bonds is 4. The quantitative estimate of drug-likeness (QED) is 0.695. The van der Waals surface area contributed by atoms with Crippen LogP contribution in [0.1, 0.15) is 6.42 Å². The van der Waals surface area contributed by atoms with Gasteiger partial charge in [0.1, 0.15) is 0 Å². The summed E-state index contributed by atoms with van der Waals surface area (Å²) in [5.41, 5.74) is 2.46. The van der Waals surface area contributed by atoms with Crippen LogP contribution in [0.15, 0.2) is 53.6 Å². The fraction of sp³-hybridized carbons (Fsp3) is 0.211. The number of H-pyrrole nitrogens is 1. The summed E-state index contributed by atoms with van der Waals surface area (Å²) in [7, 11) is 0.